The van der Waals surface area contributed by atoms with E-state index in [1.165, 1.54) is 16.5 Å². The molecule has 1 aromatic carbocycles. The lowest BCUT2D eigenvalue weighted by Crippen LogP contribution is -2.19. The summed E-state index contributed by atoms with van der Waals surface area (Å²) < 4.78 is 5.64. The summed E-state index contributed by atoms with van der Waals surface area (Å²) in [5.74, 6) is 0. The molecule has 102 valence electrons. The number of rotatable bonds is 4. The molecule has 0 aliphatic rings. The van der Waals surface area contributed by atoms with Gasteiger partial charge in [0, 0.05) is 35.3 Å². The van der Waals surface area contributed by atoms with Crippen LogP contribution in [-0.4, -0.2) is 12.0 Å². The summed E-state index contributed by atoms with van der Waals surface area (Å²) in [5, 5.41) is 4.54. The highest BCUT2D eigenvalue weighted by Crippen LogP contribution is 2.28. The number of hydrogen-bond donors (Lipinski definition) is 1. The molecular formula is C17H18N2O. The molecule has 0 radical (unpaired) electrons. The van der Waals surface area contributed by atoms with Crippen molar-refractivity contribution in [3.05, 3.63) is 65.7 Å². The van der Waals surface area contributed by atoms with E-state index in [-0.39, 0.29) is 6.04 Å². The van der Waals surface area contributed by atoms with Gasteiger partial charge in [0.05, 0.1) is 6.26 Å². The van der Waals surface area contributed by atoms with Crippen LogP contribution in [0.3, 0.4) is 0 Å². The van der Waals surface area contributed by atoms with Gasteiger partial charge in [-0.25, -0.2) is 0 Å². The van der Waals surface area contributed by atoms with Crippen molar-refractivity contribution in [2.75, 3.05) is 7.05 Å². The van der Waals surface area contributed by atoms with Crippen LogP contribution in [0.25, 0.3) is 11.0 Å². The van der Waals surface area contributed by atoms with Crippen molar-refractivity contribution in [3.63, 3.8) is 0 Å². The minimum absolute atomic E-state index is 0.201. The SMILES string of the molecule is CNC(Cc1ncccc1C)c1coc2ccccc12. The maximum Gasteiger partial charge on any atom is 0.134 e. The third kappa shape index (κ3) is 2.32. The van der Waals surface area contributed by atoms with Crippen LogP contribution < -0.4 is 5.32 Å². The Labute approximate surface area is 118 Å². The monoisotopic (exact) mass is 266 g/mol. The molecule has 1 unspecified atom stereocenters. The maximum atomic E-state index is 5.64. The van der Waals surface area contributed by atoms with E-state index in [0.29, 0.717) is 0 Å². The number of para-hydroxylation sites is 1. The number of nitrogens with one attached hydrogen (secondary N) is 1. The lowest BCUT2D eigenvalue weighted by atomic mass is 9.99. The molecule has 3 heteroatoms. The van der Waals surface area contributed by atoms with Crippen molar-refractivity contribution in [1.82, 2.24) is 10.3 Å². The molecular weight excluding hydrogens is 248 g/mol. The van der Waals surface area contributed by atoms with E-state index in [2.05, 4.69) is 29.4 Å². The van der Waals surface area contributed by atoms with Crippen LogP contribution in [0.2, 0.25) is 0 Å². The zero-order chi connectivity index (χ0) is 13.9. The van der Waals surface area contributed by atoms with Crippen molar-refractivity contribution >= 4 is 11.0 Å². The van der Waals surface area contributed by atoms with Crippen LogP contribution in [0, 0.1) is 6.92 Å². The molecule has 2 heterocycles. The molecule has 0 saturated heterocycles. The van der Waals surface area contributed by atoms with Gasteiger partial charge in [-0.15, -0.1) is 0 Å². The molecule has 3 nitrogen and oxygen atoms in total. The van der Waals surface area contributed by atoms with Gasteiger partial charge in [0.15, 0.2) is 0 Å². The molecule has 0 aliphatic carbocycles. The molecule has 3 aromatic rings. The number of aromatic nitrogens is 1. The average Bonchev–Trinajstić information content (AvgIpc) is 2.90. The topological polar surface area (TPSA) is 38.1 Å². The van der Waals surface area contributed by atoms with Gasteiger partial charge in [-0.3, -0.25) is 4.98 Å². The van der Waals surface area contributed by atoms with Crippen molar-refractivity contribution in [2.24, 2.45) is 0 Å². The van der Waals surface area contributed by atoms with Crippen molar-refractivity contribution < 1.29 is 4.42 Å². The first-order chi connectivity index (χ1) is 9.79. The van der Waals surface area contributed by atoms with Crippen LogP contribution in [0.15, 0.2) is 53.3 Å². The van der Waals surface area contributed by atoms with E-state index in [1.807, 2.05) is 43.8 Å². The highest BCUT2D eigenvalue weighted by Gasteiger charge is 2.17. The largest absolute Gasteiger partial charge is 0.464 e. The van der Waals surface area contributed by atoms with Crippen molar-refractivity contribution in [3.8, 4) is 0 Å². The summed E-state index contributed by atoms with van der Waals surface area (Å²) in [6.07, 6.45) is 4.55. The second-order valence-corrected chi connectivity index (χ2v) is 5.00. The zero-order valence-corrected chi connectivity index (χ0v) is 11.8. The van der Waals surface area contributed by atoms with Crippen molar-refractivity contribution in [1.29, 1.82) is 0 Å². The molecule has 0 spiro atoms. The molecule has 1 atom stereocenters. The number of aryl methyl sites for hydroxylation is 1. The molecule has 2 aromatic heterocycles. The summed E-state index contributed by atoms with van der Waals surface area (Å²) in [5.41, 5.74) is 4.46. The summed E-state index contributed by atoms with van der Waals surface area (Å²) in [6.45, 7) is 2.10. The first-order valence-corrected chi connectivity index (χ1v) is 6.83. The predicted molar refractivity (Wildman–Crippen MR) is 80.7 cm³/mol. The standard InChI is InChI=1S/C17H18N2O/c1-12-6-5-9-19-15(12)10-16(18-2)14-11-20-17-8-4-3-7-13(14)17/h3-9,11,16,18H,10H2,1-2H3. The minimum Gasteiger partial charge on any atom is -0.464 e. The molecule has 1 N–H and O–H groups in total. The Hall–Kier alpha value is -2.13. The van der Waals surface area contributed by atoms with Gasteiger partial charge in [0.2, 0.25) is 0 Å². The Kier molecular flexibility index (Phi) is 3.52. The van der Waals surface area contributed by atoms with Crippen LogP contribution in [0.5, 0.6) is 0 Å². The first-order valence-electron chi connectivity index (χ1n) is 6.83. The van der Waals surface area contributed by atoms with Gasteiger partial charge in [0.1, 0.15) is 5.58 Å². The van der Waals surface area contributed by atoms with Gasteiger partial charge in [-0.05, 0) is 31.7 Å². The number of furan rings is 1. The van der Waals surface area contributed by atoms with Gasteiger partial charge < -0.3 is 9.73 Å². The number of pyridine rings is 1. The molecule has 3 rings (SSSR count). The molecule has 20 heavy (non-hydrogen) atoms. The number of benzene rings is 1. The minimum atomic E-state index is 0.201. The van der Waals surface area contributed by atoms with E-state index >= 15 is 0 Å². The quantitative estimate of drug-likeness (QED) is 0.783. The van der Waals surface area contributed by atoms with Crippen LogP contribution in [0.1, 0.15) is 22.9 Å². The lowest BCUT2D eigenvalue weighted by molar-refractivity contribution is 0.558. The van der Waals surface area contributed by atoms with Gasteiger partial charge >= 0.3 is 0 Å². The Morgan fingerprint density at radius 3 is 2.85 bits per heavy atom. The molecule has 0 saturated carbocycles. The van der Waals surface area contributed by atoms with E-state index in [0.717, 1.165) is 17.7 Å². The van der Waals surface area contributed by atoms with Gasteiger partial charge in [-0.2, -0.15) is 0 Å². The number of fused-ring (bicyclic) bond motifs is 1. The first kappa shape index (κ1) is 12.9. The van der Waals surface area contributed by atoms with Gasteiger partial charge in [-0.1, -0.05) is 24.3 Å². The fraction of sp³-hybridized carbons (Fsp3) is 0.235. The van der Waals surface area contributed by atoms with E-state index in [9.17, 15) is 0 Å². The normalized spacial score (nSPS) is 12.7. The summed E-state index contributed by atoms with van der Waals surface area (Å²) in [6, 6.07) is 12.4. The fourth-order valence-electron chi connectivity index (χ4n) is 2.56. The Balaban J connectivity index is 1.96. The molecule has 0 fully saturated rings. The van der Waals surface area contributed by atoms with Crippen LogP contribution in [-0.2, 0) is 6.42 Å². The zero-order valence-electron chi connectivity index (χ0n) is 11.8. The summed E-state index contributed by atoms with van der Waals surface area (Å²) in [7, 11) is 1.98. The second-order valence-electron chi connectivity index (χ2n) is 5.00. The van der Waals surface area contributed by atoms with Crippen molar-refractivity contribution in [2.45, 2.75) is 19.4 Å². The van der Waals surface area contributed by atoms with E-state index in [1.54, 1.807) is 0 Å². The smallest absolute Gasteiger partial charge is 0.134 e. The Bertz CT molecular complexity index is 718. The molecule has 0 amide bonds. The van der Waals surface area contributed by atoms with E-state index in [4.69, 9.17) is 4.42 Å². The van der Waals surface area contributed by atoms with Crippen LogP contribution in [0.4, 0.5) is 0 Å². The number of nitrogens with zero attached hydrogens (tertiary/aromatic N) is 1. The average molecular weight is 266 g/mol. The maximum absolute atomic E-state index is 5.64. The molecule has 0 aliphatic heterocycles. The number of likely N-dealkylation sites (N-methyl/N-ethyl adjacent to an activating group) is 1. The second kappa shape index (κ2) is 5.47. The third-order valence-corrected chi connectivity index (χ3v) is 3.75. The Morgan fingerprint density at radius 2 is 2.05 bits per heavy atom. The fourth-order valence-corrected chi connectivity index (χ4v) is 2.56. The summed E-state index contributed by atoms with van der Waals surface area (Å²) in [4.78, 5) is 4.49. The Morgan fingerprint density at radius 1 is 1.20 bits per heavy atom. The number of hydrogen-bond acceptors (Lipinski definition) is 3. The molecule has 0 bridgehead atoms. The highest BCUT2D eigenvalue weighted by molar-refractivity contribution is 5.81. The summed E-state index contributed by atoms with van der Waals surface area (Å²) >= 11 is 0. The van der Waals surface area contributed by atoms with Gasteiger partial charge in [0.25, 0.3) is 0 Å². The lowest BCUT2D eigenvalue weighted by Gasteiger charge is -2.15. The van der Waals surface area contributed by atoms with Crippen LogP contribution >= 0.6 is 0 Å². The predicted octanol–water partition coefficient (Wildman–Crippen LogP) is 3.64. The van der Waals surface area contributed by atoms with E-state index < -0.39 is 0 Å². The third-order valence-electron chi connectivity index (χ3n) is 3.75. The highest BCUT2D eigenvalue weighted by atomic mass is 16.3.